The second kappa shape index (κ2) is 6.21. The summed E-state index contributed by atoms with van der Waals surface area (Å²) in [4.78, 5) is 11.4. The maximum Gasteiger partial charge on any atom is 0.126 e. The van der Waals surface area contributed by atoms with Gasteiger partial charge in [0.05, 0.1) is 0 Å². The van der Waals surface area contributed by atoms with Crippen LogP contribution in [-0.4, -0.2) is 6.29 Å². The van der Waals surface area contributed by atoms with Crippen molar-refractivity contribution in [1.82, 2.24) is 0 Å². The zero-order valence-corrected chi connectivity index (χ0v) is 12.3. The quantitative estimate of drug-likeness (QED) is 0.642. The summed E-state index contributed by atoms with van der Waals surface area (Å²) in [6.45, 7) is 4.61. The molecule has 0 aromatic heterocycles. The smallest absolute Gasteiger partial charge is 0.126 e. The van der Waals surface area contributed by atoms with Gasteiger partial charge in [-0.3, -0.25) is 0 Å². The van der Waals surface area contributed by atoms with E-state index in [0.717, 1.165) is 30.6 Å². The van der Waals surface area contributed by atoms with Gasteiger partial charge in [-0.2, -0.15) is 0 Å². The molecule has 0 N–H and O–H groups in total. The summed E-state index contributed by atoms with van der Waals surface area (Å²) >= 11 is 0. The van der Waals surface area contributed by atoms with E-state index in [1.807, 2.05) is 0 Å². The van der Waals surface area contributed by atoms with E-state index in [-0.39, 0.29) is 5.41 Å². The highest BCUT2D eigenvalue weighted by molar-refractivity contribution is 5.59. The van der Waals surface area contributed by atoms with E-state index in [0.29, 0.717) is 0 Å². The van der Waals surface area contributed by atoms with Crippen LogP contribution in [0.3, 0.4) is 0 Å². The Labute approximate surface area is 113 Å². The van der Waals surface area contributed by atoms with Gasteiger partial charge in [0, 0.05) is 5.41 Å². The summed E-state index contributed by atoms with van der Waals surface area (Å²) in [5.74, 6) is 2.87. The fourth-order valence-electron chi connectivity index (χ4n) is 4.37. The van der Waals surface area contributed by atoms with Gasteiger partial charge in [0.25, 0.3) is 0 Å². The molecule has 2 aliphatic carbocycles. The molecule has 0 heterocycles. The molecule has 0 atom stereocenters. The van der Waals surface area contributed by atoms with Gasteiger partial charge in [0.1, 0.15) is 6.29 Å². The molecule has 2 fully saturated rings. The summed E-state index contributed by atoms with van der Waals surface area (Å²) in [5, 5.41) is 0. The van der Waals surface area contributed by atoms with Crippen LogP contribution in [0.25, 0.3) is 0 Å². The molecular weight excluding hydrogens is 220 g/mol. The van der Waals surface area contributed by atoms with Crippen molar-refractivity contribution < 1.29 is 4.79 Å². The zero-order chi connectivity index (χ0) is 13.0. The van der Waals surface area contributed by atoms with Crippen molar-refractivity contribution in [3.63, 3.8) is 0 Å². The zero-order valence-electron chi connectivity index (χ0n) is 12.3. The molecule has 0 unspecified atom stereocenters. The van der Waals surface area contributed by atoms with Crippen molar-refractivity contribution in [2.75, 3.05) is 0 Å². The number of carbonyl (C=O) groups excluding carboxylic acids is 1. The van der Waals surface area contributed by atoms with Crippen LogP contribution in [0.1, 0.15) is 78.1 Å². The van der Waals surface area contributed by atoms with E-state index in [9.17, 15) is 4.79 Å². The minimum atomic E-state index is 0.0627. The topological polar surface area (TPSA) is 17.1 Å². The highest BCUT2D eigenvalue weighted by atomic mass is 16.1. The van der Waals surface area contributed by atoms with Crippen molar-refractivity contribution in [1.29, 1.82) is 0 Å². The van der Waals surface area contributed by atoms with Crippen LogP contribution in [-0.2, 0) is 4.79 Å². The minimum Gasteiger partial charge on any atom is -0.303 e. The first-order valence-corrected chi connectivity index (χ1v) is 8.15. The van der Waals surface area contributed by atoms with Gasteiger partial charge in [-0.05, 0) is 62.7 Å². The third-order valence-electron chi connectivity index (χ3n) is 5.75. The van der Waals surface area contributed by atoms with E-state index >= 15 is 0 Å². The molecule has 1 heteroatoms. The number of hydrogen-bond acceptors (Lipinski definition) is 1. The molecule has 0 saturated heterocycles. The second-order valence-electron chi connectivity index (χ2n) is 7.09. The second-order valence-corrected chi connectivity index (χ2v) is 7.09. The lowest BCUT2D eigenvalue weighted by Gasteiger charge is -2.41. The number of hydrogen-bond donors (Lipinski definition) is 0. The molecule has 0 aliphatic heterocycles. The average molecular weight is 250 g/mol. The summed E-state index contributed by atoms with van der Waals surface area (Å²) in [5.41, 5.74) is 0.0627. The van der Waals surface area contributed by atoms with Crippen molar-refractivity contribution in [2.45, 2.75) is 78.1 Å². The lowest BCUT2D eigenvalue weighted by molar-refractivity contribution is -0.119. The lowest BCUT2D eigenvalue weighted by atomic mass is 9.64. The molecule has 0 aromatic rings. The van der Waals surface area contributed by atoms with Gasteiger partial charge in [-0.1, -0.05) is 33.1 Å². The molecule has 1 nitrogen and oxygen atoms in total. The standard InChI is InChI=1S/C17H30O/c1-3-10-17(13-18)11-8-16(9-12-17)15-6-4-14(2)5-7-15/h13-16H,3-12H2,1-2H3. The van der Waals surface area contributed by atoms with Gasteiger partial charge in [0.15, 0.2) is 0 Å². The summed E-state index contributed by atoms with van der Waals surface area (Å²) in [6.07, 6.45) is 14.3. The van der Waals surface area contributed by atoms with E-state index in [2.05, 4.69) is 13.8 Å². The van der Waals surface area contributed by atoms with Crippen LogP contribution in [0.5, 0.6) is 0 Å². The van der Waals surface area contributed by atoms with Gasteiger partial charge in [-0.25, -0.2) is 0 Å². The highest BCUT2D eigenvalue weighted by Gasteiger charge is 2.37. The van der Waals surface area contributed by atoms with Gasteiger partial charge in [-0.15, -0.1) is 0 Å². The average Bonchev–Trinajstić information content (AvgIpc) is 2.41. The van der Waals surface area contributed by atoms with E-state index in [1.165, 1.54) is 57.7 Å². The van der Waals surface area contributed by atoms with E-state index in [4.69, 9.17) is 0 Å². The summed E-state index contributed by atoms with van der Waals surface area (Å²) < 4.78 is 0. The molecule has 0 spiro atoms. The predicted molar refractivity (Wildman–Crippen MR) is 76.5 cm³/mol. The third-order valence-corrected chi connectivity index (χ3v) is 5.75. The Morgan fingerprint density at radius 1 is 1.00 bits per heavy atom. The van der Waals surface area contributed by atoms with Crippen LogP contribution in [0.15, 0.2) is 0 Å². The first-order chi connectivity index (χ1) is 8.69. The van der Waals surface area contributed by atoms with Crippen LogP contribution in [0, 0.1) is 23.2 Å². The van der Waals surface area contributed by atoms with Crippen LogP contribution < -0.4 is 0 Å². The van der Waals surface area contributed by atoms with Crippen molar-refractivity contribution in [2.24, 2.45) is 23.2 Å². The van der Waals surface area contributed by atoms with Crippen LogP contribution in [0.4, 0.5) is 0 Å². The number of aldehydes is 1. The Balaban J connectivity index is 1.84. The van der Waals surface area contributed by atoms with Crippen molar-refractivity contribution in [3.05, 3.63) is 0 Å². The lowest BCUT2D eigenvalue weighted by Crippen LogP contribution is -2.32. The number of carbonyl (C=O) groups is 1. The molecule has 104 valence electrons. The maximum atomic E-state index is 11.4. The van der Waals surface area contributed by atoms with E-state index in [1.54, 1.807) is 0 Å². The number of rotatable bonds is 4. The SMILES string of the molecule is CCCC1(C=O)CCC(C2CCC(C)CC2)CC1. The molecule has 2 saturated carbocycles. The first kappa shape index (κ1) is 14.1. The third kappa shape index (κ3) is 3.16. The Morgan fingerprint density at radius 3 is 2.06 bits per heavy atom. The molecule has 18 heavy (non-hydrogen) atoms. The minimum absolute atomic E-state index is 0.0627. The van der Waals surface area contributed by atoms with Crippen LogP contribution >= 0.6 is 0 Å². The molecule has 2 rings (SSSR count). The molecular formula is C17H30O. The van der Waals surface area contributed by atoms with Gasteiger partial charge in [0.2, 0.25) is 0 Å². The molecule has 2 aliphatic rings. The monoisotopic (exact) mass is 250 g/mol. The van der Waals surface area contributed by atoms with Crippen molar-refractivity contribution >= 4 is 6.29 Å². The predicted octanol–water partition coefficient (Wildman–Crippen LogP) is 4.99. The Bertz CT molecular complexity index is 255. The Hall–Kier alpha value is -0.330. The normalized spacial score (nSPS) is 41.6. The maximum absolute atomic E-state index is 11.4. The van der Waals surface area contributed by atoms with Gasteiger partial charge >= 0.3 is 0 Å². The molecule has 0 aromatic carbocycles. The van der Waals surface area contributed by atoms with Crippen LogP contribution in [0.2, 0.25) is 0 Å². The Morgan fingerprint density at radius 2 is 1.56 bits per heavy atom. The van der Waals surface area contributed by atoms with Crippen molar-refractivity contribution in [3.8, 4) is 0 Å². The van der Waals surface area contributed by atoms with E-state index < -0.39 is 0 Å². The van der Waals surface area contributed by atoms with Gasteiger partial charge < -0.3 is 4.79 Å². The summed E-state index contributed by atoms with van der Waals surface area (Å²) in [7, 11) is 0. The fourth-order valence-corrected chi connectivity index (χ4v) is 4.37. The first-order valence-electron chi connectivity index (χ1n) is 8.15. The highest BCUT2D eigenvalue weighted by Crippen LogP contribution is 2.46. The summed E-state index contributed by atoms with van der Waals surface area (Å²) in [6, 6.07) is 0. The fraction of sp³-hybridized carbons (Fsp3) is 0.941. The molecule has 0 bridgehead atoms. The molecule has 0 radical (unpaired) electrons. The Kier molecular flexibility index (Phi) is 4.86. The molecule has 0 amide bonds. The largest absolute Gasteiger partial charge is 0.303 e.